The third-order valence-electron chi connectivity index (χ3n) is 4.18. The summed E-state index contributed by atoms with van der Waals surface area (Å²) in [5.74, 6) is 1.50. The Labute approximate surface area is 126 Å². The van der Waals surface area contributed by atoms with Crippen molar-refractivity contribution in [2.45, 2.75) is 52.1 Å². The van der Waals surface area contributed by atoms with Gasteiger partial charge in [0.15, 0.2) is 5.82 Å². The van der Waals surface area contributed by atoms with Gasteiger partial charge in [-0.3, -0.25) is 4.90 Å². The lowest BCUT2D eigenvalue weighted by Crippen LogP contribution is -2.33. The van der Waals surface area contributed by atoms with Crippen LogP contribution in [0, 0.1) is 0 Å². The number of hydrogen-bond acceptors (Lipinski definition) is 4. The Morgan fingerprint density at radius 3 is 2.57 bits per heavy atom. The summed E-state index contributed by atoms with van der Waals surface area (Å²) in [5.41, 5.74) is 2.80. The molecule has 1 aromatic heterocycles. The average molecular weight is 285 g/mol. The van der Waals surface area contributed by atoms with Gasteiger partial charge in [0.25, 0.3) is 0 Å². The van der Waals surface area contributed by atoms with E-state index in [2.05, 4.69) is 67.0 Å². The van der Waals surface area contributed by atoms with Crippen LogP contribution in [0.15, 0.2) is 28.8 Å². The van der Waals surface area contributed by atoms with Crippen LogP contribution in [-0.2, 0) is 18.4 Å². The Kier molecular flexibility index (Phi) is 3.57. The molecule has 0 aliphatic carbocycles. The molecule has 0 N–H and O–H groups in total. The third kappa shape index (κ3) is 2.86. The largest absolute Gasteiger partial charge is 0.338 e. The monoisotopic (exact) mass is 285 g/mol. The third-order valence-corrected chi connectivity index (χ3v) is 4.18. The molecule has 0 saturated carbocycles. The highest BCUT2D eigenvalue weighted by atomic mass is 16.5. The van der Waals surface area contributed by atoms with Crippen molar-refractivity contribution in [2.75, 3.05) is 6.54 Å². The Bertz CT molecular complexity index is 627. The van der Waals surface area contributed by atoms with Crippen LogP contribution in [0.2, 0.25) is 0 Å². The lowest BCUT2D eigenvalue weighted by Gasteiger charge is -2.31. The Hall–Kier alpha value is -1.68. The van der Waals surface area contributed by atoms with Gasteiger partial charge in [-0.05, 0) is 24.5 Å². The van der Waals surface area contributed by atoms with Gasteiger partial charge in [0.1, 0.15) is 0 Å². The number of hydrogen-bond donors (Lipinski definition) is 0. The van der Waals surface area contributed by atoms with Crippen LogP contribution in [0.1, 0.15) is 56.6 Å². The molecule has 1 unspecified atom stereocenters. The van der Waals surface area contributed by atoms with Gasteiger partial charge in [0.2, 0.25) is 5.89 Å². The van der Waals surface area contributed by atoms with Crippen LogP contribution in [-0.4, -0.2) is 21.6 Å². The molecule has 1 aliphatic rings. The second-order valence-corrected chi connectivity index (χ2v) is 6.87. The minimum atomic E-state index is -0.0734. The predicted molar refractivity (Wildman–Crippen MR) is 82.0 cm³/mol. The van der Waals surface area contributed by atoms with Crippen molar-refractivity contribution in [1.29, 1.82) is 0 Å². The number of fused-ring (bicyclic) bond motifs is 1. The van der Waals surface area contributed by atoms with Crippen molar-refractivity contribution in [3.63, 3.8) is 0 Å². The number of benzene rings is 1. The Morgan fingerprint density at radius 1 is 1.19 bits per heavy atom. The number of aromatic nitrogens is 2. The molecule has 112 valence electrons. The van der Waals surface area contributed by atoms with E-state index < -0.39 is 0 Å². The van der Waals surface area contributed by atoms with Crippen LogP contribution >= 0.6 is 0 Å². The first-order valence-corrected chi connectivity index (χ1v) is 7.60. The molecule has 0 amide bonds. The van der Waals surface area contributed by atoms with Crippen LogP contribution in [0.25, 0.3) is 0 Å². The zero-order valence-corrected chi connectivity index (χ0v) is 13.3. The summed E-state index contributed by atoms with van der Waals surface area (Å²) in [6, 6.07) is 8.81. The van der Waals surface area contributed by atoms with Gasteiger partial charge >= 0.3 is 0 Å². The van der Waals surface area contributed by atoms with Crippen molar-refractivity contribution >= 4 is 0 Å². The zero-order valence-electron chi connectivity index (χ0n) is 13.3. The fourth-order valence-electron chi connectivity index (χ4n) is 2.71. The molecule has 0 radical (unpaired) electrons. The zero-order chi connectivity index (χ0) is 15.0. The van der Waals surface area contributed by atoms with Crippen LogP contribution in [0.3, 0.4) is 0 Å². The molecule has 0 spiro atoms. The van der Waals surface area contributed by atoms with E-state index in [1.807, 2.05) is 0 Å². The molecule has 2 aromatic rings. The molecule has 0 fully saturated rings. The van der Waals surface area contributed by atoms with Crippen molar-refractivity contribution in [1.82, 2.24) is 15.0 Å². The molecule has 1 atom stereocenters. The highest BCUT2D eigenvalue weighted by Gasteiger charge is 2.27. The second-order valence-electron chi connectivity index (χ2n) is 6.87. The van der Waals surface area contributed by atoms with E-state index >= 15 is 0 Å². The fraction of sp³-hybridized carbons (Fsp3) is 0.529. The Balaban J connectivity index is 1.77. The highest BCUT2D eigenvalue weighted by molar-refractivity contribution is 5.29. The summed E-state index contributed by atoms with van der Waals surface area (Å²) >= 11 is 0. The maximum Gasteiger partial charge on any atom is 0.243 e. The average Bonchev–Trinajstić information content (AvgIpc) is 2.96. The maximum atomic E-state index is 5.49. The van der Waals surface area contributed by atoms with E-state index in [0.717, 1.165) is 31.2 Å². The second kappa shape index (κ2) is 5.26. The summed E-state index contributed by atoms with van der Waals surface area (Å²) in [5, 5.41) is 4.13. The van der Waals surface area contributed by atoms with E-state index in [9.17, 15) is 0 Å². The molecule has 1 aliphatic heterocycles. The molecular weight excluding hydrogens is 262 g/mol. The van der Waals surface area contributed by atoms with E-state index in [0.29, 0.717) is 0 Å². The fourth-order valence-corrected chi connectivity index (χ4v) is 2.71. The van der Waals surface area contributed by atoms with Crippen molar-refractivity contribution in [2.24, 2.45) is 0 Å². The first kappa shape index (κ1) is 14.3. The molecule has 21 heavy (non-hydrogen) atoms. The standard InChI is InChI=1S/C17H23N3O/c1-12(15-18-16(19-21-15)17(2,3)4)20-10-9-13-7-5-6-8-14(13)11-20/h5-8,12H,9-11H2,1-4H3. The maximum absolute atomic E-state index is 5.49. The minimum absolute atomic E-state index is 0.0734. The summed E-state index contributed by atoms with van der Waals surface area (Å²) in [7, 11) is 0. The van der Waals surface area contributed by atoms with Crippen LogP contribution in [0.5, 0.6) is 0 Å². The molecule has 4 nitrogen and oxygen atoms in total. The smallest absolute Gasteiger partial charge is 0.243 e. The summed E-state index contributed by atoms with van der Waals surface area (Å²) in [6.45, 7) is 10.4. The van der Waals surface area contributed by atoms with E-state index in [1.54, 1.807) is 0 Å². The first-order valence-electron chi connectivity index (χ1n) is 7.60. The van der Waals surface area contributed by atoms with Gasteiger partial charge in [-0.15, -0.1) is 0 Å². The molecule has 0 saturated heterocycles. The van der Waals surface area contributed by atoms with Gasteiger partial charge in [-0.25, -0.2) is 0 Å². The molecular formula is C17H23N3O. The lowest BCUT2D eigenvalue weighted by molar-refractivity contribution is 0.158. The van der Waals surface area contributed by atoms with Gasteiger partial charge in [0, 0.05) is 18.5 Å². The highest BCUT2D eigenvalue weighted by Crippen LogP contribution is 2.28. The normalized spacial score (nSPS) is 17.5. The molecule has 2 heterocycles. The Morgan fingerprint density at radius 2 is 1.90 bits per heavy atom. The molecule has 1 aromatic carbocycles. The minimum Gasteiger partial charge on any atom is -0.338 e. The topological polar surface area (TPSA) is 42.2 Å². The first-order chi connectivity index (χ1) is 9.95. The van der Waals surface area contributed by atoms with E-state index in [4.69, 9.17) is 4.52 Å². The SMILES string of the molecule is CC(c1nc(C(C)(C)C)no1)N1CCc2ccccc2C1. The van der Waals surface area contributed by atoms with Gasteiger partial charge in [-0.1, -0.05) is 50.2 Å². The van der Waals surface area contributed by atoms with Gasteiger partial charge in [0.05, 0.1) is 6.04 Å². The summed E-state index contributed by atoms with van der Waals surface area (Å²) < 4.78 is 5.49. The van der Waals surface area contributed by atoms with Crippen LogP contribution < -0.4 is 0 Å². The summed E-state index contributed by atoms with van der Waals surface area (Å²) in [4.78, 5) is 7.00. The van der Waals surface area contributed by atoms with Crippen molar-refractivity contribution in [3.8, 4) is 0 Å². The molecule has 3 rings (SSSR count). The molecule has 0 bridgehead atoms. The summed E-state index contributed by atoms with van der Waals surface area (Å²) in [6.07, 6.45) is 1.08. The number of rotatable bonds is 2. The molecule has 4 heteroatoms. The van der Waals surface area contributed by atoms with E-state index in [1.165, 1.54) is 11.1 Å². The predicted octanol–water partition coefficient (Wildman–Crippen LogP) is 3.49. The van der Waals surface area contributed by atoms with E-state index in [-0.39, 0.29) is 11.5 Å². The quantitative estimate of drug-likeness (QED) is 0.847. The number of nitrogens with zero attached hydrogens (tertiary/aromatic N) is 3. The van der Waals surface area contributed by atoms with Gasteiger partial charge < -0.3 is 4.52 Å². The van der Waals surface area contributed by atoms with Gasteiger partial charge in [-0.2, -0.15) is 4.98 Å². The lowest BCUT2D eigenvalue weighted by atomic mass is 9.96. The van der Waals surface area contributed by atoms with Crippen molar-refractivity contribution < 1.29 is 4.52 Å². The van der Waals surface area contributed by atoms with Crippen LogP contribution in [0.4, 0.5) is 0 Å². The van der Waals surface area contributed by atoms with Crippen molar-refractivity contribution in [3.05, 3.63) is 47.1 Å².